The van der Waals surface area contributed by atoms with Crippen molar-refractivity contribution in [1.29, 1.82) is 0 Å². The molecule has 1 aliphatic carbocycles. The molecule has 1 fully saturated rings. The van der Waals surface area contributed by atoms with Gasteiger partial charge in [-0.1, -0.05) is 23.9 Å². The molecule has 0 atom stereocenters. The highest BCUT2D eigenvalue weighted by Crippen LogP contribution is 2.24. The number of rotatable bonds is 8. The van der Waals surface area contributed by atoms with Crippen LogP contribution in [0.2, 0.25) is 0 Å². The molecule has 0 amide bonds. The summed E-state index contributed by atoms with van der Waals surface area (Å²) in [6.45, 7) is 7.69. The summed E-state index contributed by atoms with van der Waals surface area (Å²) >= 11 is 1.70. The molecule has 0 bridgehead atoms. The molecular weight excluding hydrogens is 282 g/mol. The SMILES string of the molecule is C=C(CNC1CC1)CSc1nc2ccc(OCC)cc2[nH]1. The largest absolute Gasteiger partial charge is 0.494 e. The van der Waals surface area contributed by atoms with Crippen LogP contribution in [0.4, 0.5) is 0 Å². The number of H-pyrrole nitrogens is 1. The number of imidazole rings is 1. The van der Waals surface area contributed by atoms with Crippen LogP contribution in [0.1, 0.15) is 19.8 Å². The fourth-order valence-corrected chi connectivity index (χ4v) is 2.88. The Morgan fingerprint density at radius 2 is 2.38 bits per heavy atom. The van der Waals surface area contributed by atoms with Crippen LogP contribution in [-0.2, 0) is 0 Å². The predicted octanol–water partition coefficient (Wildman–Crippen LogP) is 3.36. The number of hydrogen-bond acceptors (Lipinski definition) is 4. The van der Waals surface area contributed by atoms with Gasteiger partial charge in [-0.3, -0.25) is 0 Å². The van der Waals surface area contributed by atoms with Crippen LogP contribution < -0.4 is 10.1 Å². The number of nitrogens with one attached hydrogen (secondary N) is 2. The molecule has 1 saturated carbocycles. The minimum atomic E-state index is 0.676. The van der Waals surface area contributed by atoms with Gasteiger partial charge in [0.05, 0.1) is 17.6 Å². The molecule has 1 aliphatic rings. The zero-order valence-corrected chi connectivity index (χ0v) is 13.1. The Morgan fingerprint density at radius 1 is 1.52 bits per heavy atom. The average molecular weight is 303 g/mol. The van der Waals surface area contributed by atoms with Crippen molar-refractivity contribution >= 4 is 22.8 Å². The van der Waals surface area contributed by atoms with Gasteiger partial charge >= 0.3 is 0 Å². The van der Waals surface area contributed by atoms with E-state index < -0.39 is 0 Å². The maximum Gasteiger partial charge on any atom is 0.166 e. The van der Waals surface area contributed by atoms with E-state index in [9.17, 15) is 0 Å². The van der Waals surface area contributed by atoms with Crippen molar-refractivity contribution in [3.63, 3.8) is 0 Å². The third kappa shape index (κ3) is 4.02. The lowest BCUT2D eigenvalue weighted by Gasteiger charge is -2.04. The van der Waals surface area contributed by atoms with E-state index in [0.29, 0.717) is 6.61 Å². The van der Waals surface area contributed by atoms with Gasteiger partial charge < -0.3 is 15.0 Å². The van der Waals surface area contributed by atoms with Crippen LogP contribution in [0.5, 0.6) is 5.75 Å². The summed E-state index contributed by atoms with van der Waals surface area (Å²) in [6, 6.07) is 6.68. The van der Waals surface area contributed by atoms with Gasteiger partial charge in [-0.25, -0.2) is 4.98 Å². The Bertz CT molecular complexity index is 633. The van der Waals surface area contributed by atoms with Crippen molar-refractivity contribution in [3.05, 3.63) is 30.4 Å². The van der Waals surface area contributed by atoms with E-state index in [4.69, 9.17) is 4.74 Å². The summed E-state index contributed by atoms with van der Waals surface area (Å²) in [7, 11) is 0. The molecule has 0 aliphatic heterocycles. The number of aromatic nitrogens is 2. The molecule has 4 nitrogen and oxygen atoms in total. The van der Waals surface area contributed by atoms with Crippen LogP contribution in [0.15, 0.2) is 35.5 Å². The van der Waals surface area contributed by atoms with Crippen LogP contribution in [0, 0.1) is 0 Å². The van der Waals surface area contributed by atoms with Crippen molar-refractivity contribution < 1.29 is 4.74 Å². The van der Waals surface area contributed by atoms with E-state index in [0.717, 1.165) is 40.3 Å². The fourth-order valence-electron chi connectivity index (χ4n) is 2.09. The van der Waals surface area contributed by atoms with Gasteiger partial charge in [0.15, 0.2) is 5.16 Å². The average Bonchev–Trinajstić information content (AvgIpc) is 3.22. The molecule has 0 radical (unpaired) electrons. The highest BCUT2D eigenvalue weighted by molar-refractivity contribution is 7.99. The molecule has 1 aromatic carbocycles. The Labute approximate surface area is 129 Å². The van der Waals surface area contributed by atoms with E-state index in [1.165, 1.54) is 18.4 Å². The summed E-state index contributed by atoms with van der Waals surface area (Å²) in [6.07, 6.45) is 2.62. The number of aromatic amines is 1. The minimum Gasteiger partial charge on any atom is -0.494 e. The highest BCUT2D eigenvalue weighted by Gasteiger charge is 2.20. The first-order valence-electron chi connectivity index (χ1n) is 7.40. The molecular formula is C16H21N3OS. The normalized spacial score (nSPS) is 14.5. The summed E-state index contributed by atoms with van der Waals surface area (Å²) in [5, 5.41) is 4.42. The molecule has 0 unspecified atom stereocenters. The van der Waals surface area contributed by atoms with Gasteiger partial charge in [-0.05, 0) is 31.9 Å². The molecule has 5 heteroatoms. The first-order chi connectivity index (χ1) is 10.2. The lowest BCUT2D eigenvalue weighted by atomic mass is 10.3. The fraction of sp³-hybridized carbons (Fsp3) is 0.438. The first kappa shape index (κ1) is 14.5. The monoisotopic (exact) mass is 303 g/mol. The molecule has 112 valence electrons. The third-order valence-electron chi connectivity index (χ3n) is 3.37. The van der Waals surface area contributed by atoms with E-state index in [-0.39, 0.29) is 0 Å². The second kappa shape index (κ2) is 6.54. The van der Waals surface area contributed by atoms with Crippen LogP contribution in [-0.4, -0.2) is 34.9 Å². The second-order valence-electron chi connectivity index (χ2n) is 5.35. The quantitative estimate of drug-likeness (QED) is 0.580. The number of nitrogens with zero attached hydrogens (tertiary/aromatic N) is 1. The van der Waals surface area contributed by atoms with Gasteiger partial charge in [0.2, 0.25) is 0 Å². The van der Waals surface area contributed by atoms with Gasteiger partial charge in [0.25, 0.3) is 0 Å². The van der Waals surface area contributed by atoms with E-state index >= 15 is 0 Å². The molecule has 3 rings (SSSR count). The Kier molecular flexibility index (Phi) is 4.51. The number of ether oxygens (including phenoxy) is 1. The van der Waals surface area contributed by atoms with Gasteiger partial charge in [-0.15, -0.1) is 0 Å². The first-order valence-corrected chi connectivity index (χ1v) is 8.38. The zero-order valence-electron chi connectivity index (χ0n) is 12.3. The predicted molar refractivity (Wildman–Crippen MR) is 88.2 cm³/mol. The van der Waals surface area contributed by atoms with Gasteiger partial charge in [0.1, 0.15) is 5.75 Å². The topological polar surface area (TPSA) is 49.9 Å². The van der Waals surface area contributed by atoms with Crippen molar-refractivity contribution in [2.75, 3.05) is 18.9 Å². The summed E-state index contributed by atoms with van der Waals surface area (Å²) in [4.78, 5) is 7.92. The maximum atomic E-state index is 5.50. The summed E-state index contributed by atoms with van der Waals surface area (Å²) < 4.78 is 5.50. The Balaban J connectivity index is 1.57. The van der Waals surface area contributed by atoms with Crippen LogP contribution in [0.3, 0.4) is 0 Å². The molecule has 0 saturated heterocycles. The van der Waals surface area contributed by atoms with E-state index in [1.807, 2.05) is 25.1 Å². The molecule has 1 aromatic heterocycles. The molecule has 2 N–H and O–H groups in total. The number of hydrogen-bond donors (Lipinski definition) is 2. The third-order valence-corrected chi connectivity index (χ3v) is 4.39. The second-order valence-corrected chi connectivity index (χ2v) is 6.31. The van der Waals surface area contributed by atoms with Crippen molar-refractivity contribution in [1.82, 2.24) is 15.3 Å². The van der Waals surface area contributed by atoms with Crippen molar-refractivity contribution in [3.8, 4) is 5.75 Å². The number of thioether (sulfide) groups is 1. The summed E-state index contributed by atoms with van der Waals surface area (Å²) in [5.41, 5.74) is 3.20. The van der Waals surface area contributed by atoms with E-state index in [2.05, 4.69) is 21.9 Å². The highest BCUT2D eigenvalue weighted by atomic mass is 32.2. The lowest BCUT2D eigenvalue weighted by Crippen LogP contribution is -2.19. The Hall–Kier alpha value is -1.46. The lowest BCUT2D eigenvalue weighted by molar-refractivity contribution is 0.340. The van der Waals surface area contributed by atoms with Crippen LogP contribution in [0.25, 0.3) is 11.0 Å². The molecule has 2 aromatic rings. The summed E-state index contributed by atoms with van der Waals surface area (Å²) in [5.74, 6) is 1.76. The zero-order chi connectivity index (χ0) is 14.7. The number of fused-ring (bicyclic) bond motifs is 1. The molecule has 21 heavy (non-hydrogen) atoms. The van der Waals surface area contributed by atoms with Gasteiger partial charge in [0, 0.05) is 24.4 Å². The van der Waals surface area contributed by atoms with Gasteiger partial charge in [-0.2, -0.15) is 0 Å². The van der Waals surface area contributed by atoms with Crippen molar-refractivity contribution in [2.24, 2.45) is 0 Å². The maximum absolute atomic E-state index is 5.50. The van der Waals surface area contributed by atoms with Crippen molar-refractivity contribution in [2.45, 2.75) is 31.0 Å². The smallest absolute Gasteiger partial charge is 0.166 e. The van der Waals surface area contributed by atoms with E-state index in [1.54, 1.807) is 11.8 Å². The molecule has 1 heterocycles. The number of benzene rings is 1. The Morgan fingerprint density at radius 3 is 3.14 bits per heavy atom. The molecule has 0 spiro atoms. The standard InChI is InChI=1S/C16H21N3OS/c1-3-20-13-6-7-14-15(8-13)19-16(18-14)21-10-11(2)9-17-12-4-5-12/h6-8,12,17H,2-5,9-10H2,1H3,(H,18,19). The van der Waals surface area contributed by atoms with Crippen LogP contribution >= 0.6 is 11.8 Å². The minimum absolute atomic E-state index is 0.676.